The van der Waals surface area contributed by atoms with Crippen LogP contribution in [0.25, 0.3) is 11.0 Å². The van der Waals surface area contributed by atoms with E-state index < -0.39 is 0 Å². The maximum Gasteiger partial charge on any atom is 0.267 e. The molecule has 0 fully saturated rings. The van der Waals surface area contributed by atoms with Crippen LogP contribution >= 0.6 is 0 Å². The number of rotatable bonds is 3. The molecule has 0 radical (unpaired) electrons. The number of aromatic nitrogens is 2. The van der Waals surface area contributed by atoms with Gasteiger partial charge >= 0.3 is 0 Å². The summed E-state index contributed by atoms with van der Waals surface area (Å²) in [5.74, 6) is -0.414. The Bertz CT molecular complexity index is 747. The van der Waals surface area contributed by atoms with Crippen LogP contribution in [0.2, 0.25) is 0 Å². The van der Waals surface area contributed by atoms with Crippen molar-refractivity contribution in [3.63, 3.8) is 0 Å². The minimum absolute atomic E-state index is 0.160. The van der Waals surface area contributed by atoms with Crippen molar-refractivity contribution in [2.24, 2.45) is 12.1 Å². The molecule has 0 saturated heterocycles. The Morgan fingerprint density at radius 1 is 1.43 bits per heavy atom. The fraction of sp³-hybridized carbons (Fsp3) is 0.286. The van der Waals surface area contributed by atoms with E-state index in [0.29, 0.717) is 25.1 Å². The van der Waals surface area contributed by atoms with Gasteiger partial charge in [0.25, 0.3) is 5.91 Å². The van der Waals surface area contributed by atoms with Crippen LogP contribution in [0.3, 0.4) is 0 Å². The van der Waals surface area contributed by atoms with Crippen molar-refractivity contribution >= 4 is 28.6 Å². The molecule has 2 amide bonds. The summed E-state index contributed by atoms with van der Waals surface area (Å²) >= 11 is 0. The predicted octanol–water partition coefficient (Wildman–Crippen LogP) is 0.455. The third-order valence-electron chi connectivity index (χ3n) is 3.41. The third kappa shape index (κ3) is 2.76. The summed E-state index contributed by atoms with van der Waals surface area (Å²) in [4.78, 5) is 27.2. The number of hydrogen-bond acceptors (Lipinski definition) is 4. The van der Waals surface area contributed by atoms with Crippen molar-refractivity contribution < 1.29 is 9.59 Å². The lowest BCUT2D eigenvalue weighted by Crippen LogP contribution is -2.36. The number of amides is 2. The molecule has 108 valence electrons. The second kappa shape index (κ2) is 5.35. The van der Waals surface area contributed by atoms with Crippen LogP contribution < -0.4 is 10.7 Å². The summed E-state index contributed by atoms with van der Waals surface area (Å²) in [5.41, 5.74) is 5.58. The van der Waals surface area contributed by atoms with E-state index >= 15 is 0 Å². The van der Waals surface area contributed by atoms with Gasteiger partial charge < -0.3 is 9.88 Å². The van der Waals surface area contributed by atoms with Gasteiger partial charge in [0.05, 0.1) is 17.4 Å². The molecule has 1 aromatic heterocycles. The third-order valence-corrected chi connectivity index (χ3v) is 3.41. The number of nitrogens with zero attached hydrogens (tertiary/aromatic N) is 3. The van der Waals surface area contributed by atoms with Gasteiger partial charge in [0.2, 0.25) is 5.91 Å². The number of imidazole rings is 1. The van der Waals surface area contributed by atoms with Crippen LogP contribution in [0.4, 0.5) is 0 Å². The van der Waals surface area contributed by atoms with Gasteiger partial charge in [-0.05, 0) is 17.7 Å². The quantitative estimate of drug-likeness (QED) is 0.858. The average Bonchev–Trinajstić information content (AvgIpc) is 2.86. The van der Waals surface area contributed by atoms with Crippen LogP contribution in [0.1, 0.15) is 18.4 Å². The Morgan fingerprint density at radius 3 is 3.05 bits per heavy atom. The number of hydrazone groups is 1. The number of fused-ring (bicyclic) bond motifs is 1. The monoisotopic (exact) mass is 285 g/mol. The van der Waals surface area contributed by atoms with Crippen molar-refractivity contribution in [3.8, 4) is 0 Å². The number of hydrogen-bond donors (Lipinski definition) is 2. The zero-order valence-corrected chi connectivity index (χ0v) is 11.6. The number of aryl methyl sites for hydroxylation is 1. The van der Waals surface area contributed by atoms with Crippen molar-refractivity contribution in [2.45, 2.75) is 19.4 Å². The number of carbonyl (C=O) groups is 2. The zero-order valence-electron chi connectivity index (χ0n) is 11.6. The molecule has 0 unspecified atom stereocenters. The summed E-state index contributed by atoms with van der Waals surface area (Å²) in [6.45, 7) is 0.401. The predicted molar refractivity (Wildman–Crippen MR) is 77.4 cm³/mol. The van der Waals surface area contributed by atoms with E-state index in [4.69, 9.17) is 0 Å². The van der Waals surface area contributed by atoms with Crippen LogP contribution in [-0.2, 0) is 23.2 Å². The van der Waals surface area contributed by atoms with Gasteiger partial charge in [-0.2, -0.15) is 5.10 Å². The van der Waals surface area contributed by atoms with Crippen LogP contribution in [0.15, 0.2) is 29.6 Å². The maximum atomic E-state index is 11.9. The van der Waals surface area contributed by atoms with Crippen molar-refractivity contribution in [1.82, 2.24) is 20.3 Å². The van der Waals surface area contributed by atoms with Gasteiger partial charge in [-0.15, -0.1) is 0 Å². The standard InChI is InChI=1S/C14H15N5O2/c1-19-8-16-11-6-9(2-4-12(11)19)7-15-14(21)10-3-5-13(20)18-17-10/h2,4,6,8H,3,5,7H2,1H3,(H,15,21)(H,18,20). The molecule has 2 heterocycles. The summed E-state index contributed by atoms with van der Waals surface area (Å²) in [5, 5.41) is 6.56. The minimum atomic E-state index is -0.254. The molecular formula is C14H15N5O2. The van der Waals surface area contributed by atoms with E-state index in [1.807, 2.05) is 29.8 Å². The second-order valence-corrected chi connectivity index (χ2v) is 4.95. The molecule has 1 aliphatic rings. The molecule has 0 saturated carbocycles. The second-order valence-electron chi connectivity index (χ2n) is 4.95. The highest BCUT2D eigenvalue weighted by molar-refractivity contribution is 6.39. The average molecular weight is 285 g/mol. The highest BCUT2D eigenvalue weighted by atomic mass is 16.2. The lowest BCUT2D eigenvalue weighted by molar-refractivity contribution is -0.121. The Labute approximate surface area is 121 Å². The summed E-state index contributed by atoms with van der Waals surface area (Å²) in [7, 11) is 1.94. The Kier molecular flexibility index (Phi) is 3.39. The van der Waals surface area contributed by atoms with Crippen molar-refractivity contribution in [2.75, 3.05) is 0 Å². The molecule has 2 aromatic rings. The largest absolute Gasteiger partial charge is 0.347 e. The van der Waals surface area contributed by atoms with Gasteiger partial charge in [0.1, 0.15) is 5.71 Å². The van der Waals surface area contributed by atoms with Crippen LogP contribution in [0, 0.1) is 0 Å². The fourth-order valence-electron chi connectivity index (χ4n) is 2.21. The van der Waals surface area contributed by atoms with Gasteiger partial charge in [-0.3, -0.25) is 9.59 Å². The van der Waals surface area contributed by atoms with E-state index in [-0.39, 0.29) is 11.8 Å². The molecule has 1 aromatic carbocycles. The molecule has 7 nitrogen and oxygen atoms in total. The first-order chi connectivity index (χ1) is 10.1. The van der Waals surface area contributed by atoms with Gasteiger partial charge in [0.15, 0.2) is 0 Å². The molecule has 21 heavy (non-hydrogen) atoms. The summed E-state index contributed by atoms with van der Waals surface area (Å²) < 4.78 is 1.94. The number of carbonyl (C=O) groups excluding carboxylic acids is 2. The highest BCUT2D eigenvalue weighted by Crippen LogP contribution is 2.13. The lowest BCUT2D eigenvalue weighted by atomic mass is 10.1. The molecular weight excluding hydrogens is 270 g/mol. The van der Waals surface area contributed by atoms with E-state index in [0.717, 1.165) is 16.6 Å². The molecule has 2 N–H and O–H groups in total. The normalized spacial score (nSPS) is 14.7. The van der Waals surface area contributed by atoms with E-state index in [1.165, 1.54) is 0 Å². The number of benzene rings is 1. The topological polar surface area (TPSA) is 88.4 Å². The number of nitrogens with one attached hydrogen (secondary N) is 2. The molecule has 0 atom stereocenters. The zero-order chi connectivity index (χ0) is 14.8. The van der Waals surface area contributed by atoms with Gasteiger partial charge in [-0.25, -0.2) is 10.4 Å². The molecule has 0 bridgehead atoms. The molecule has 3 rings (SSSR count). The first-order valence-corrected chi connectivity index (χ1v) is 6.67. The van der Waals surface area contributed by atoms with Gasteiger partial charge in [0, 0.05) is 26.4 Å². The molecule has 0 spiro atoms. The first kappa shape index (κ1) is 13.3. The first-order valence-electron chi connectivity index (χ1n) is 6.67. The van der Waals surface area contributed by atoms with E-state index in [2.05, 4.69) is 20.8 Å². The fourth-order valence-corrected chi connectivity index (χ4v) is 2.21. The van der Waals surface area contributed by atoms with E-state index in [1.54, 1.807) is 6.33 Å². The maximum absolute atomic E-state index is 11.9. The van der Waals surface area contributed by atoms with Crippen molar-refractivity contribution in [1.29, 1.82) is 0 Å². The molecule has 1 aliphatic heterocycles. The van der Waals surface area contributed by atoms with Crippen molar-refractivity contribution in [3.05, 3.63) is 30.1 Å². The Hall–Kier alpha value is -2.70. The van der Waals surface area contributed by atoms with E-state index in [9.17, 15) is 9.59 Å². The Balaban J connectivity index is 1.66. The smallest absolute Gasteiger partial charge is 0.267 e. The summed E-state index contributed by atoms with van der Waals surface area (Å²) in [6, 6.07) is 5.87. The lowest BCUT2D eigenvalue weighted by Gasteiger charge is -2.12. The minimum Gasteiger partial charge on any atom is -0.347 e. The SMILES string of the molecule is Cn1cnc2cc(CNC(=O)C3=NNC(=O)CC3)ccc21. The van der Waals surface area contributed by atoms with Crippen LogP contribution in [-0.4, -0.2) is 27.1 Å². The summed E-state index contributed by atoms with van der Waals surface area (Å²) in [6.07, 6.45) is 2.43. The van der Waals surface area contributed by atoms with Crippen LogP contribution in [0.5, 0.6) is 0 Å². The van der Waals surface area contributed by atoms with Gasteiger partial charge in [-0.1, -0.05) is 6.07 Å². The highest BCUT2D eigenvalue weighted by Gasteiger charge is 2.17. The Morgan fingerprint density at radius 2 is 2.29 bits per heavy atom. The molecule has 0 aliphatic carbocycles. The molecule has 7 heteroatoms.